The first-order valence-electron chi connectivity index (χ1n) is 12.3. The first kappa shape index (κ1) is 24.4. The van der Waals surface area contributed by atoms with E-state index >= 15 is 0 Å². The topological polar surface area (TPSA) is 88.9 Å². The summed E-state index contributed by atoms with van der Waals surface area (Å²) in [5.74, 6) is 1.53. The molecule has 8 nitrogen and oxygen atoms in total. The Hall–Kier alpha value is -4.30. The minimum absolute atomic E-state index is 0.0913. The number of tetrazole rings is 1. The van der Waals surface area contributed by atoms with Gasteiger partial charge in [0.15, 0.2) is 5.82 Å². The maximum absolute atomic E-state index is 13.1. The first-order valence-corrected chi connectivity index (χ1v) is 12.3. The number of fused-ring (bicyclic) bond motifs is 1. The van der Waals surface area contributed by atoms with Crippen LogP contribution in [0.2, 0.25) is 0 Å². The van der Waals surface area contributed by atoms with Gasteiger partial charge in [0, 0.05) is 35.1 Å². The second-order valence-electron chi connectivity index (χ2n) is 9.36. The van der Waals surface area contributed by atoms with Crippen LogP contribution in [0.4, 0.5) is 0 Å². The Morgan fingerprint density at radius 2 is 1.68 bits per heavy atom. The Balaban J connectivity index is 1.48. The van der Waals surface area contributed by atoms with E-state index < -0.39 is 0 Å². The van der Waals surface area contributed by atoms with Gasteiger partial charge in [0.2, 0.25) is 0 Å². The molecule has 0 aliphatic carbocycles. The van der Waals surface area contributed by atoms with Crippen LogP contribution >= 0.6 is 0 Å². The van der Waals surface area contributed by atoms with Crippen LogP contribution in [-0.2, 0) is 26.2 Å². The average molecular weight is 495 g/mol. The molecule has 8 heteroatoms. The molecule has 0 bridgehead atoms. The zero-order valence-electron chi connectivity index (χ0n) is 21.3. The molecule has 2 heterocycles. The van der Waals surface area contributed by atoms with Crippen LogP contribution in [0, 0.1) is 13.8 Å². The lowest BCUT2D eigenvalue weighted by Crippen LogP contribution is -2.28. The normalized spacial score (nSPS) is 11.4. The SMILES string of the molecule is COc1ccccc1CN(Cc1cc2c(C)cc(C)cc2[nH]c1=O)Cc1nnnn1Cc1ccccc1. The number of rotatable bonds is 9. The van der Waals surface area contributed by atoms with Gasteiger partial charge in [-0.2, -0.15) is 0 Å². The molecule has 2 aromatic heterocycles. The summed E-state index contributed by atoms with van der Waals surface area (Å²) in [6.07, 6.45) is 0. The van der Waals surface area contributed by atoms with E-state index in [0.717, 1.165) is 44.7 Å². The van der Waals surface area contributed by atoms with Crippen LogP contribution < -0.4 is 10.3 Å². The van der Waals surface area contributed by atoms with E-state index in [-0.39, 0.29) is 5.56 Å². The molecule has 0 saturated carbocycles. The summed E-state index contributed by atoms with van der Waals surface area (Å²) in [6.45, 7) is 6.12. The van der Waals surface area contributed by atoms with Gasteiger partial charge in [-0.1, -0.05) is 54.6 Å². The highest BCUT2D eigenvalue weighted by Gasteiger charge is 2.18. The van der Waals surface area contributed by atoms with Crippen molar-refractivity contribution in [2.75, 3.05) is 7.11 Å². The van der Waals surface area contributed by atoms with Crippen LogP contribution in [-0.4, -0.2) is 37.2 Å². The predicted molar refractivity (Wildman–Crippen MR) is 143 cm³/mol. The van der Waals surface area contributed by atoms with E-state index in [2.05, 4.69) is 50.5 Å². The number of aryl methyl sites for hydroxylation is 2. The molecular formula is C29H30N6O2. The number of para-hydroxylation sites is 1. The molecule has 188 valence electrons. The standard InChI is InChI=1S/C29H30N6O2/c1-20-13-21(2)25-15-24(29(36)30-26(25)14-20)18-34(17-23-11-7-8-12-27(23)37-3)19-28-31-32-33-35(28)16-22-9-5-4-6-10-22/h4-15H,16-19H2,1-3H3,(H,30,36). The Morgan fingerprint density at radius 3 is 2.49 bits per heavy atom. The number of aromatic amines is 1. The molecule has 0 fully saturated rings. The van der Waals surface area contributed by atoms with Gasteiger partial charge in [-0.3, -0.25) is 9.69 Å². The van der Waals surface area contributed by atoms with Crippen LogP contribution in [0.15, 0.2) is 77.6 Å². The van der Waals surface area contributed by atoms with Gasteiger partial charge in [-0.05, 0) is 59.2 Å². The van der Waals surface area contributed by atoms with Gasteiger partial charge in [0.25, 0.3) is 5.56 Å². The summed E-state index contributed by atoms with van der Waals surface area (Å²) >= 11 is 0. The van der Waals surface area contributed by atoms with E-state index in [1.54, 1.807) is 7.11 Å². The van der Waals surface area contributed by atoms with Crippen LogP contribution in [0.25, 0.3) is 10.9 Å². The van der Waals surface area contributed by atoms with Crippen molar-refractivity contribution in [1.29, 1.82) is 0 Å². The third-order valence-electron chi connectivity index (χ3n) is 6.52. The Labute approximate surface area is 215 Å². The van der Waals surface area contributed by atoms with Crippen molar-refractivity contribution in [2.45, 2.75) is 40.0 Å². The largest absolute Gasteiger partial charge is 0.496 e. The number of H-pyrrole nitrogens is 1. The number of methoxy groups -OCH3 is 1. The van der Waals surface area contributed by atoms with E-state index in [1.165, 1.54) is 0 Å². The average Bonchev–Trinajstić information content (AvgIpc) is 3.32. The molecule has 0 amide bonds. The van der Waals surface area contributed by atoms with Crippen molar-refractivity contribution >= 4 is 10.9 Å². The second kappa shape index (κ2) is 10.8. The highest BCUT2D eigenvalue weighted by atomic mass is 16.5. The van der Waals surface area contributed by atoms with Gasteiger partial charge < -0.3 is 9.72 Å². The fourth-order valence-corrected chi connectivity index (χ4v) is 4.73. The molecule has 0 spiro atoms. The fourth-order valence-electron chi connectivity index (χ4n) is 4.73. The minimum Gasteiger partial charge on any atom is -0.496 e. The van der Waals surface area contributed by atoms with Crippen molar-refractivity contribution in [3.05, 3.63) is 117 Å². The lowest BCUT2D eigenvalue weighted by atomic mass is 10.0. The summed E-state index contributed by atoms with van der Waals surface area (Å²) in [5, 5.41) is 13.5. The number of hydrogen-bond acceptors (Lipinski definition) is 6. The molecular weight excluding hydrogens is 464 g/mol. The van der Waals surface area contributed by atoms with Gasteiger partial charge in [-0.15, -0.1) is 5.10 Å². The molecule has 0 aliphatic heterocycles. The predicted octanol–water partition coefficient (Wildman–Crippen LogP) is 4.39. The van der Waals surface area contributed by atoms with Gasteiger partial charge in [-0.25, -0.2) is 4.68 Å². The molecule has 0 aliphatic rings. The van der Waals surface area contributed by atoms with Gasteiger partial charge in [0.1, 0.15) is 5.75 Å². The third-order valence-corrected chi connectivity index (χ3v) is 6.52. The summed E-state index contributed by atoms with van der Waals surface area (Å²) < 4.78 is 7.41. The maximum Gasteiger partial charge on any atom is 0.252 e. The lowest BCUT2D eigenvalue weighted by molar-refractivity contribution is 0.232. The molecule has 0 atom stereocenters. The van der Waals surface area contributed by atoms with Gasteiger partial charge in [0.05, 0.1) is 20.2 Å². The molecule has 0 radical (unpaired) electrons. The van der Waals surface area contributed by atoms with E-state index in [9.17, 15) is 4.79 Å². The van der Waals surface area contributed by atoms with Crippen LogP contribution in [0.1, 0.15) is 33.6 Å². The second-order valence-corrected chi connectivity index (χ2v) is 9.36. The van der Waals surface area contributed by atoms with Crippen LogP contribution in [0.3, 0.4) is 0 Å². The molecule has 5 rings (SSSR count). The maximum atomic E-state index is 13.1. The summed E-state index contributed by atoms with van der Waals surface area (Å²) in [7, 11) is 1.67. The zero-order valence-corrected chi connectivity index (χ0v) is 21.3. The number of ether oxygens (including phenoxy) is 1. The molecule has 0 saturated heterocycles. The molecule has 0 unspecified atom stereocenters. The highest BCUT2D eigenvalue weighted by Crippen LogP contribution is 2.23. The Bertz CT molecular complexity index is 1570. The number of nitrogens with zero attached hydrogens (tertiary/aromatic N) is 5. The fraction of sp³-hybridized carbons (Fsp3) is 0.241. The van der Waals surface area contributed by atoms with E-state index in [4.69, 9.17) is 4.74 Å². The number of nitrogens with one attached hydrogen (secondary N) is 1. The van der Waals surface area contributed by atoms with Crippen LogP contribution in [0.5, 0.6) is 5.75 Å². The zero-order chi connectivity index (χ0) is 25.8. The monoisotopic (exact) mass is 494 g/mol. The third kappa shape index (κ3) is 5.59. The van der Waals surface area contributed by atoms with Crippen molar-refractivity contribution in [3.8, 4) is 5.75 Å². The Kier molecular flexibility index (Phi) is 7.09. The summed E-state index contributed by atoms with van der Waals surface area (Å²) in [4.78, 5) is 18.4. The van der Waals surface area contributed by atoms with E-state index in [1.807, 2.05) is 66.2 Å². The summed E-state index contributed by atoms with van der Waals surface area (Å²) in [5.41, 5.74) is 5.85. The van der Waals surface area contributed by atoms with Crippen molar-refractivity contribution in [1.82, 2.24) is 30.1 Å². The smallest absolute Gasteiger partial charge is 0.252 e. The van der Waals surface area contributed by atoms with Crippen molar-refractivity contribution < 1.29 is 4.74 Å². The number of pyridine rings is 1. The molecule has 37 heavy (non-hydrogen) atoms. The molecule has 5 aromatic rings. The van der Waals surface area contributed by atoms with Gasteiger partial charge >= 0.3 is 0 Å². The minimum atomic E-state index is -0.0913. The van der Waals surface area contributed by atoms with Crippen molar-refractivity contribution in [3.63, 3.8) is 0 Å². The van der Waals surface area contributed by atoms with E-state index in [0.29, 0.717) is 31.7 Å². The summed E-state index contributed by atoms with van der Waals surface area (Å²) in [6, 6.07) is 24.2. The number of benzene rings is 3. The molecule has 3 aromatic carbocycles. The molecule has 1 N–H and O–H groups in total. The quantitative estimate of drug-likeness (QED) is 0.327. The Morgan fingerprint density at radius 1 is 0.919 bits per heavy atom. The first-order chi connectivity index (χ1) is 18.0. The highest BCUT2D eigenvalue weighted by molar-refractivity contribution is 5.83. The lowest BCUT2D eigenvalue weighted by Gasteiger charge is -2.23. The number of aromatic nitrogens is 5. The van der Waals surface area contributed by atoms with Crippen molar-refractivity contribution in [2.24, 2.45) is 0 Å². The number of hydrogen-bond donors (Lipinski definition) is 1.